The molecule has 1 aromatic rings. The summed E-state index contributed by atoms with van der Waals surface area (Å²) in [6.07, 6.45) is 5.19. The van der Waals surface area contributed by atoms with Crippen molar-refractivity contribution in [1.82, 2.24) is 24.1 Å². The summed E-state index contributed by atoms with van der Waals surface area (Å²) in [7, 11) is 0. The number of benzene rings is 1. The van der Waals surface area contributed by atoms with Gasteiger partial charge >= 0.3 is 0 Å². The summed E-state index contributed by atoms with van der Waals surface area (Å²) in [4.78, 5) is 43.0. The zero-order valence-corrected chi connectivity index (χ0v) is 19.5. The molecule has 0 aromatic heterocycles. The molecule has 4 rings (SSSR count). The number of para-hydroxylation sites is 1. The van der Waals surface area contributed by atoms with Crippen LogP contribution in [-0.4, -0.2) is 62.1 Å². The molecule has 3 heterocycles. The zero-order valence-electron chi connectivity index (χ0n) is 19.5. The van der Waals surface area contributed by atoms with Crippen LogP contribution in [0, 0.1) is 5.92 Å². The summed E-state index contributed by atoms with van der Waals surface area (Å²) in [5.74, 6) is 0.0627. The van der Waals surface area contributed by atoms with Gasteiger partial charge in [0.2, 0.25) is 5.91 Å². The number of hydrogen-bond acceptors (Lipinski definition) is 4. The zero-order chi connectivity index (χ0) is 23.5. The lowest BCUT2D eigenvalue weighted by atomic mass is 10.0. The largest absolute Gasteiger partial charge is 0.353 e. The highest BCUT2D eigenvalue weighted by molar-refractivity contribution is 6.00. The van der Waals surface area contributed by atoms with Gasteiger partial charge in [-0.15, -0.1) is 0 Å². The van der Waals surface area contributed by atoms with Crippen LogP contribution >= 0.6 is 0 Å². The highest BCUT2D eigenvalue weighted by Crippen LogP contribution is 2.24. The normalized spacial score (nSPS) is 14.3. The van der Waals surface area contributed by atoms with E-state index in [0.29, 0.717) is 55.2 Å². The second kappa shape index (κ2) is 9.60. The monoisotopic (exact) mass is 449 g/mol. The Kier molecular flexibility index (Phi) is 6.62. The summed E-state index contributed by atoms with van der Waals surface area (Å²) < 4.78 is 3.20. The van der Waals surface area contributed by atoms with Crippen LogP contribution in [0.5, 0.6) is 0 Å². The Balaban J connectivity index is 1.62. The van der Waals surface area contributed by atoms with E-state index in [1.54, 1.807) is 17.3 Å². The summed E-state index contributed by atoms with van der Waals surface area (Å²) in [5, 5.41) is 4.54. The number of carbonyl (C=O) groups is 2. The highest BCUT2D eigenvalue weighted by atomic mass is 16.2. The molecule has 33 heavy (non-hydrogen) atoms. The fourth-order valence-electron chi connectivity index (χ4n) is 4.44. The molecular formula is C25H31N5O3. The second-order valence-electron chi connectivity index (χ2n) is 8.45. The molecule has 1 fully saturated rings. The first-order chi connectivity index (χ1) is 16.0. The van der Waals surface area contributed by atoms with Gasteiger partial charge in [0.25, 0.3) is 11.5 Å². The topological polar surface area (TPSA) is 80.4 Å². The molecule has 0 radical (unpaired) electrons. The van der Waals surface area contributed by atoms with Crippen LogP contribution in [0.4, 0.5) is 0 Å². The second-order valence-corrected chi connectivity index (χ2v) is 8.45. The van der Waals surface area contributed by atoms with E-state index in [2.05, 4.69) is 5.10 Å². The van der Waals surface area contributed by atoms with Crippen LogP contribution in [0.1, 0.15) is 44.0 Å². The Morgan fingerprint density at radius 2 is 1.58 bits per heavy atom. The molecule has 0 aliphatic carbocycles. The maximum atomic E-state index is 13.5. The molecule has 8 nitrogen and oxygen atoms in total. The number of nitrogens with zero attached hydrogens (tertiary/aromatic N) is 5. The Morgan fingerprint density at radius 3 is 2.18 bits per heavy atom. The van der Waals surface area contributed by atoms with E-state index in [0.717, 1.165) is 12.8 Å². The van der Waals surface area contributed by atoms with Crippen molar-refractivity contribution in [3.8, 4) is 16.9 Å². The Hall–Kier alpha value is -3.42. The van der Waals surface area contributed by atoms with Gasteiger partial charge in [0.15, 0.2) is 0 Å². The predicted octanol–water partition coefficient (Wildman–Crippen LogP) is 2.88. The molecular weight excluding hydrogens is 418 g/mol. The minimum atomic E-state index is -0.242. The van der Waals surface area contributed by atoms with Crippen molar-refractivity contribution in [3.05, 3.63) is 58.6 Å². The third-order valence-corrected chi connectivity index (χ3v) is 6.53. The van der Waals surface area contributed by atoms with Crippen molar-refractivity contribution >= 4 is 11.8 Å². The van der Waals surface area contributed by atoms with Crippen LogP contribution in [0.2, 0.25) is 0 Å². The number of amides is 2. The third-order valence-electron chi connectivity index (χ3n) is 6.53. The Bertz CT molecular complexity index is 1150. The molecule has 3 aliphatic rings. The van der Waals surface area contributed by atoms with E-state index in [1.165, 1.54) is 4.68 Å². The Morgan fingerprint density at radius 1 is 0.939 bits per heavy atom. The van der Waals surface area contributed by atoms with Crippen LogP contribution in [-0.2, 0) is 11.3 Å². The molecule has 174 valence electrons. The minimum absolute atomic E-state index is 0.0435. The summed E-state index contributed by atoms with van der Waals surface area (Å²) in [6, 6.07) is 9.21. The van der Waals surface area contributed by atoms with E-state index in [9.17, 15) is 14.4 Å². The lowest BCUT2D eigenvalue weighted by Gasteiger charge is -2.36. The van der Waals surface area contributed by atoms with Gasteiger partial charge in [-0.25, -0.2) is 0 Å². The van der Waals surface area contributed by atoms with Gasteiger partial charge in [-0.3, -0.25) is 14.4 Å². The molecule has 1 saturated heterocycles. The van der Waals surface area contributed by atoms with Gasteiger partial charge in [0, 0.05) is 51.0 Å². The van der Waals surface area contributed by atoms with Gasteiger partial charge < -0.3 is 14.4 Å². The molecule has 3 aliphatic heterocycles. The van der Waals surface area contributed by atoms with E-state index in [4.69, 9.17) is 0 Å². The van der Waals surface area contributed by atoms with Gasteiger partial charge in [-0.1, -0.05) is 32.0 Å². The van der Waals surface area contributed by atoms with Crippen LogP contribution in [0.25, 0.3) is 16.9 Å². The molecule has 2 amide bonds. The minimum Gasteiger partial charge on any atom is -0.353 e. The SMILES string of the molecule is CCC(CC)C(=O)N1CCN(C(=O)c2cn(CC)cc3c(=O)n(-c4ccccc4)nc2-3)CC1. The number of fused-ring (bicyclic) bond motifs is 1. The van der Waals surface area contributed by atoms with Crippen LogP contribution in [0.15, 0.2) is 47.5 Å². The molecule has 1 aromatic carbocycles. The van der Waals surface area contributed by atoms with Crippen molar-refractivity contribution in [1.29, 1.82) is 0 Å². The van der Waals surface area contributed by atoms with Crippen molar-refractivity contribution in [2.75, 3.05) is 26.2 Å². The Labute approximate surface area is 193 Å². The first kappa shape index (κ1) is 22.8. The maximum Gasteiger partial charge on any atom is 0.282 e. The lowest BCUT2D eigenvalue weighted by molar-refractivity contribution is -0.137. The maximum absolute atomic E-state index is 13.5. The smallest absolute Gasteiger partial charge is 0.282 e. The fourth-order valence-corrected chi connectivity index (χ4v) is 4.44. The molecule has 8 heteroatoms. The fraction of sp³-hybridized carbons (Fsp3) is 0.440. The van der Waals surface area contributed by atoms with Gasteiger partial charge in [0.1, 0.15) is 5.69 Å². The quantitative estimate of drug-likeness (QED) is 0.580. The summed E-state index contributed by atoms with van der Waals surface area (Å²) >= 11 is 0. The van der Waals surface area contributed by atoms with Crippen molar-refractivity contribution in [2.24, 2.45) is 5.92 Å². The van der Waals surface area contributed by atoms with Crippen molar-refractivity contribution in [3.63, 3.8) is 0 Å². The van der Waals surface area contributed by atoms with E-state index in [1.807, 2.05) is 60.6 Å². The number of pyridine rings is 1. The van der Waals surface area contributed by atoms with E-state index in [-0.39, 0.29) is 23.3 Å². The first-order valence-corrected chi connectivity index (χ1v) is 11.7. The first-order valence-electron chi connectivity index (χ1n) is 11.7. The third kappa shape index (κ3) is 4.29. The van der Waals surface area contributed by atoms with Crippen molar-refractivity contribution in [2.45, 2.75) is 40.2 Å². The van der Waals surface area contributed by atoms with Crippen LogP contribution < -0.4 is 5.56 Å². The van der Waals surface area contributed by atoms with E-state index < -0.39 is 0 Å². The molecule has 0 saturated carbocycles. The summed E-state index contributed by atoms with van der Waals surface area (Å²) in [5.41, 5.74) is 1.67. The number of aryl methyl sites for hydroxylation is 1. The van der Waals surface area contributed by atoms with Crippen molar-refractivity contribution < 1.29 is 9.59 Å². The molecule has 0 unspecified atom stereocenters. The standard InChI is InChI=1S/C25H31N5O3/c1-4-18(5-2)23(31)28-12-14-29(15-13-28)24(32)20-16-27(6-3)17-21-22(20)26-30(25(21)33)19-10-8-7-9-11-19/h7-11,16-18H,4-6,12-15H2,1-3H3. The van der Waals surface area contributed by atoms with Gasteiger partial charge in [-0.05, 0) is 31.9 Å². The van der Waals surface area contributed by atoms with E-state index >= 15 is 0 Å². The number of aromatic nitrogens is 3. The summed E-state index contributed by atoms with van der Waals surface area (Å²) in [6.45, 7) is 8.65. The number of hydrogen-bond donors (Lipinski definition) is 0. The number of rotatable bonds is 6. The molecule has 0 spiro atoms. The molecule has 0 N–H and O–H groups in total. The average molecular weight is 450 g/mol. The predicted molar refractivity (Wildman–Crippen MR) is 127 cm³/mol. The van der Waals surface area contributed by atoms with Gasteiger partial charge in [-0.2, -0.15) is 9.78 Å². The number of piperazine rings is 1. The molecule has 0 atom stereocenters. The number of carbonyl (C=O) groups excluding carboxylic acids is 2. The highest BCUT2D eigenvalue weighted by Gasteiger charge is 2.31. The molecule has 0 bridgehead atoms. The van der Waals surface area contributed by atoms with Gasteiger partial charge in [0.05, 0.1) is 16.8 Å². The van der Waals surface area contributed by atoms with Crippen LogP contribution in [0.3, 0.4) is 0 Å². The average Bonchev–Trinajstić information content (AvgIpc) is 3.20. The lowest BCUT2D eigenvalue weighted by Crippen LogP contribution is -2.52.